The molecule has 0 radical (unpaired) electrons. The molecule has 3 rings (SSSR count). The minimum Gasteiger partial charge on any atom is -0.473 e. The summed E-state index contributed by atoms with van der Waals surface area (Å²) < 4.78 is 11.5. The summed E-state index contributed by atoms with van der Waals surface area (Å²) in [5, 5.41) is 0. The topological polar surface area (TPSA) is 47.5 Å². The van der Waals surface area contributed by atoms with Gasteiger partial charge in [-0.3, -0.25) is 0 Å². The summed E-state index contributed by atoms with van der Waals surface area (Å²) in [6, 6.07) is 11.9. The third kappa shape index (κ3) is 3.74. The molecular formula is C17H21N3O2. The van der Waals surface area contributed by atoms with Gasteiger partial charge in [-0.1, -0.05) is 30.3 Å². The fraction of sp³-hybridized carbons (Fsp3) is 0.412. The van der Waals surface area contributed by atoms with Crippen LogP contribution in [0.25, 0.3) is 0 Å². The summed E-state index contributed by atoms with van der Waals surface area (Å²) in [4.78, 5) is 11.0. The molecule has 5 nitrogen and oxygen atoms in total. The van der Waals surface area contributed by atoms with Crippen molar-refractivity contribution in [3.8, 4) is 5.88 Å². The van der Waals surface area contributed by atoms with Gasteiger partial charge in [-0.15, -0.1) is 0 Å². The van der Waals surface area contributed by atoms with Crippen LogP contribution in [-0.2, 0) is 11.3 Å². The van der Waals surface area contributed by atoms with Crippen LogP contribution in [0.5, 0.6) is 5.88 Å². The Labute approximate surface area is 130 Å². The molecule has 1 aromatic heterocycles. The van der Waals surface area contributed by atoms with E-state index in [2.05, 4.69) is 28.7 Å². The van der Waals surface area contributed by atoms with E-state index < -0.39 is 0 Å². The molecule has 116 valence electrons. The highest BCUT2D eigenvalue weighted by molar-refractivity contribution is 5.33. The van der Waals surface area contributed by atoms with Gasteiger partial charge < -0.3 is 14.4 Å². The standard InChI is InChI=1S/C17H21N3O2/c1-13-10-20(11-14(2)22-13)17-18-9-8-16(19-17)21-12-15-6-4-3-5-7-15/h3-9,13-14H,10-12H2,1-2H3/t13-,14+. The zero-order valence-electron chi connectivity index (χ0n) is 13.0. The number of benzene rings is 1. The number of morpholine rings is 1. The number of nitrogens with zero attached hydrogens (tertiary/aromatic N) is 3. The number of rotatable bonds is 4. The minimum absolute atomic E-state index is 0.182. The van der Waals surface area contributed by atoms with Gasteiger partial charge in [0.25, 0.3) is 0 Å². The molecular weight excluding hydrogens is 278 g/mol. The smallest absolute Gasteiger partial charge is 0.228 e. The normalized spacial score (nSPS) is 21.6. The average molecular weight is 299 g/mol. The lowest BCUT2D eigenvalue weighted by molar-refractivity contribution is -0.00576. The molecule has 1 aliphatic heterocycles. The van der Waals surface area contributed by atoms with Crippen molar-refractivity contribution in [1.82, 2.24) is 9.97 Å². The van der Waals surface area contributed by atoms with E-state index in [1.807, 2.05) is 30.3 Å². The van der Waals surface area contributed by atoms with Gasteiger partial charge >= 0.3 is 0 Å². The third-order valence-corrected chi connectivity index (χ3v) is 3.55. The molecule has 0 unspecified atom stereocenters. The van der Waals surface area contributed by atoms with Gasteiger partial charge in [0.05, 0.1) is 12.2 Å². The molecule has 22 heavy (non-hydrogen) atoms. The molecule has 1 fully saturated rings. The molecule has 5 heteroatoms. The van der Waals surface area contributed by atoms with E-state index in [-0.39, 0.29) is 12.2 Å². The number of anilines is 1. The molecule has 0 amide bonds. The molecule has 0 aliphatic carbocycles. The van der Waals surface area contributed by atoms with Crippen molar-refractivity contribution in [2.24, 2.45) is 0 Å². The van der Waals surface area contributed by atoms with E-state index in [0.717, 1.165) is 18.7 Å². The van der Waals surface area contributed by atoms with Crippen molar-refractivity contribution in [3.05, 3.63) is 48.2 Å². The van der Waals surface area contributed by atoms with Crippen molar-refractivity contribution in [2.45, 2.75) is 32.7 Å². The monoisotopic (exact) mass is 299 g/mol. The van der Waals surface area contributed by atoms with Crippen molar-refractivity contribution < 1.29 is 9.47 Å². The van der Waals surface area contributed by atoms with Crippen molar-refractivity contribution in [1.29, 1.82) is 0 Å². The van der Waals surface area contributed by atoms with Gasteiger partial charge in [-0.2, -0.15) is 4.98 Å². The Morgan fingerprint density at radius 2 is 1.86 bits per heavy atom. The van der Waals surface area contributed by atoms with Gasteiger partial charge in [0, 0.05) is 25.4 Å². The van der Waals surface area contributed by atoms with Crippen LogP contribution in [0.3, 0.4) is 0 Å². The first-order valence-corrected chi connectivity index (χ1v) is 7.61. The second-order valence-electron chi connectivity index (χ2n) is 5.63. The summed E-state index contributed by atoms with van der Waals surface area (Å²) in [6.45, 7) is 6.24. The Morgan fingerprint density at radius 1 is 1.14 bits per heavy atom. The van der Waals surface area contributed by atoms with Crippen LogP contribution in [0.1, 0.15) is 19.4 Å². The van der Waals surface area contributed by atoms with Gasteiger partial charge in [-0.05, 0) is 19.4 Å². The zero-order chi connectivity index (χ0) is 15.4. The van der Waals surface area contributed by atoms with E-state index >= 15 is 0 Å². The van der Waals surface area contributed by atoms with Crippen molar-refractivity contribution in [3.63, 3.8) is 0 Å². The highest BCUT2D eigenvalue weighted by Crippen LogP contribution is 2.19. The Bertz CT molecular complexity index is 596. The van der Waals surface area contributed by atoms with Gasteiger partial charge in [0.1, 0.15) is 6.61 Å². The molecule has 1 aromatic carbocycles. The first-order valence-electron chi connectivity index (χ1n) is 7.61. The second-order valence-corrected chi connectivity index (χ2v) is 5.63. The van der Waals surface area contributed by atoms with Crippen LogP contribution in [0.2, 0.25) is 0 Å². The molecule has 2 heterocycles. The lowest BCUT2D eigenvalue weighted by atomic mass is 10.2. The summed E-state index contributed by atoms with van der Waals surface area (Å²) in [5.41, 5.74) is 1.12. The van der Waals surface area contributed by atoms with Crippen LogP contribution in [-0.4, -0.2) is 35.3 Å². The largest absolute Gasteiger partial charge is 0.473 e. The van der Waals surface area contributed by atoms with Gasteiger partial charge in [0.15, 0.2) is 0 Å². The van der Waals surface area contributed by atoms with E-state index in [0.29, 0.717) is 18.4 Å². The quantitative estimate of drug-likeness (QED) is 0.868. The van der Waals surface area contributed by atoms with Crippen LogP contribution in [0, 0.1) is 0 Å². The Hall–Kier alpha value is -2.14. The average Bonchev–Trinajstić information content (AvgIpc) is 2.53. The van der Waals surface area contributed by atoms with Crippen LogP contribution in [0.4, 0.5) is 5.95 Å². The number of hydrogen-bond acceptors (Lipinski definition) is 5. The minimum atomic E-state index is 0.182. The van der Waals surface area contributed by atoms with Crippen LogP contribution < -0.4 is 9.64 Å². The first-order chi connectivity index (χ1) is 10.7. The lowest BCUT2D eigenvalue weighted by Crippen LogP contribution is -2.46. The molecule has 1 aliphatic rings. The third-order valence-electron chi connectivity index (χ3n) is 3.55. The van der Waals surface area contributed by atoms with Gasteiger partial charge in [0.2, 0.25) is 11.8 Å². The maximum Gasteiger partial charge on any atom is 0.228 e. The Kier molecular flexibility index (Phi) is 4.53. The Balaban J connectivity index is 1.67. The second kappa shape index (κ2) is 6.75. The molecule has 0 bridgehead atoms. The van der Waals surface area contributed by atoms with E-state index in [4.69, 9.17) is 9.47 Å². The van der Waals surface area contributed by atoms with E-state index in [9.17, 15) is 0 Å². The molecule has 0 spiro atoms. The lowest BCUT2D eigenvalue weighted by Gasteiger charge is -2.35. The predicted molar refractivity (Wildman–Crippen MR) is 85.0 cm³/mol. The maximum absolute atomic E-state index is 5.77. The Morgan fingerprint density at radius 3 is 2.59 bits per heavy atom. The van der Waals surface area contributed by atoms with Crippen LogP contribution in [0.15, 0.2) is 42.6 Å². The number of aromatic nitrogens is 2. The van der Waals surface area contributed by atoms with Crippen molar-refractivity contribution in [2.75, 3.05) is 18.0 Å². The fourth-order valence-electron chi connectivity index (χ4n) is 2.64. The van der Waals surface area contributed by atoms with E-state index in [1.54, 1.807) is 12.3 Å². The zero-order valence-corrected chi connectivity index (χ0v) is 13.0. The van der Waals surface area contributed by atoms with Gasteiger partial charge in [-0.25, -0.2) is 4.98 Å². The highest BCUT2D eigenvalue weighted by atomic mass is 16.5. The van der Waals surface area contributed by atoms with E-state index in [1.165, 1.54) is 0 Å². The van der Waals surface area contributed by atoms with Crippen molar-refractivity contribution >= 4 is 5.95 Å². The fourth-order valence-corrected chi connectivity index (χ4v) is 2.64. The molecule has 2 atom stereocenters. The SMILES string of the molecule is C[C@@H]1CN(c2nccc(OCc3ccccc3)n2)C[C@H](C)O1. The first kappa shape index (κ1) is 14.8. The summed E-state index contributed by atoms with van der Waals surface area (Å²) in [7, 11) is 0. The molecule has 0 saturated carbocycles. The summed E-state index contributed by atoms with van der Waals surface area (Å²) in [6.07, 6.45) is 2.11. The molecule has 0 N–H and O–H groups in total. The number of ether oxygens (including phenoxy) is 2. The predicted octanol–water partition coefficient (Wildman–Crippen LogP) is 2.67. The summed E-state index contributed by atoms with van der Waals surface area (Å²) in [5.74, 6) is 1.30. The summed E-state index contributed by atoms with van der Waals surface area (Å²) >= 11 is 0. The highest BCUT2D eigenvalue weighted by Gasteiger charge is 2.24. The number of hydrogen-bond donors (Lipinski definition) is 0. The molecule has 1 saturated heterocycles. The molecule has 2 aromatic rings. The maximum atomic E-state index is 5.77. The van der Waals surface area contributed by atoms with Crippen LogP contribution >= 0.6 is 0 Å².